The highest BCUT2D eigenvalue weighted by molar-refractivity contribution is 5.75. The van der Waals surface area contributed by atoms with Gasteiger partial charge in [-0.05, 0) is 80.5 Å². The van der Waals surface area contributed by atoms with Crippen LogP contribution in [0.3, 0.4) is 0 Å². The minimum Gasteiger partial charge on any atom is -0.481 e. The van der Waals surface area contributed by atoms with Gasteiger partial charge in [0.25, 0.3) is 0 Å². The third-order valence-corrected chi connectivity index (χ3v) is 8.35. The number of rotatable bonds is 2. The van der Waals surface area contributed by atoms with E-state index in [1.165, 1.54) is 6.42 Å². The molecule has 0 aliphatic heterocycles. The number of fused-ring (bicyclic) bond motifs is 3. The normalized spacial score (nSPS) is 51.6. The molecule has 4 aliphatic rings. The van der Waals surface area contributed by atoms with Crippen molar-refractivity contribution in [2.75, 3.05) is 6.61 Å². The van der Waals surface area contributed by atoms with Crippen LogP contribution in [0.1, 0.15) is 65.2 Å². The fraction of sp³-hybridized carbons (Fsp3) is 0.850. The quantitative estimate of drug-likeness (QED) is 0.756. The fourth-order valence-corrected chi connectivity index (χ4v) is 7.30. The summed E-state index contributed by atoms with van der Waals surface area (Å²) in [7, 11) is 0. The second-order valence-electron chi connectivity index (χ2n) is 9.33. The highest BCUT2D eigenvalue weighted by atomic mass is 16.4. The predicted molar refractivity (Wildman–Crippen MR) is 88.9 cm³/mol. The van der Waals surface area contributed by atoms with Gasteiger partial charge in [-0.2, -0.15) is 0 Å². The summed E-state index contributed by atoms with van der Waals surface area (Å²) < 4.78 is 0. The Kier molecular flexibility index (Phi) is 3.30. The highest BCUT2D eigenvalue weighted by Crippen LogP contribution is 2.70. The van der Waals surface area contributed by atoms with Crippen molar-refractivity contribution in [1.29, 1.82) is 0 Å². The van der Waals surface area contributed by atoms with E-state index in [-0.39, 0.29) is 16.7 Å². The van der Waals surface area contributed by atoms with E-state index in [0.717, 1.165) is 44.9 Å². The lowest BCUT2D eigenvalue weighted by atomic mass is 9.44. The van der Waals surface area contributed by atoms with E-state index < -0.39 is 11.4 Å². The van der Waals surface area contributed by atoms with Gasteiger partial charge in [0, 0.05) is 6.61 Å². The van der Waals surface area contributed by atoms with Crippen LogP contribution in [0, 0.1) is 34.0 Å². The third kappa shape index (κ3) is 1.89. The van der Waals surface area contributed by atoms with Crippen LogP contribution in [0.25, 0.3) is 0 Å². The molecular weight excluding hydrogens is 288 g/mol. The Bertz CT molecular complexity index is 567. The largest absolute Gasteiger partial charge is 0.481 e. The third-order valence-electron chi connectivity index (χ3n) is 8.35. The van der Waals surface area contributed by atoms with Crippen LogP contribution in [-0.4, -0.2) is 22.8 Å². The lowest BCUT2D eigenvalue weighted by Gasteiger charge is -2.60. The van der Waals surface area contributed by atoms with Gasteiger partial charge in [0.15, 0.2) is 0 Å². The van der Waals surface area contributed by atoms with Gasteiger partial charge in [0.05, 0.1) is 5.41 Å². The molecule has 2 bridgehead atoms. The van der Waals surface area contributed by atoms with Gasteiger partial charge in [-0.3, -0.25) is 4.79 Å². The van der Waals surface area contributed by atoms with Crippen molar-refractivity contribution in [2.45, 2.75) is 65.2 Å². The maximum Gasteiger partial charge on any atom is 0.309 e. The van der Waals surface area contributed by atoms with Gasteiger partial charge in [0.2, 0.25) is 0 Å². The summed E-state index contributed by atoms with van der Waals surface area (Å²) in [6.45, 7) is 4.67. The Morgan fingerprint density at radius 3 is 2.74 bits per heavy atom. The average Bonchev–Trinajstić information content (AvgIpc) is 2.77. The molecule has 2 N–H and O–H groups in total. The van der Waals surface area contributed by atoms with Crippen LogP contribution in [-0.2, 0) is 4.79 Å². The number of carboxylic acids is 1. The first-order chi connectivity index (χ1) is 10.9. The number of carboxylic acid groups (broad SMARTS) is 1. The molecule has 3 heteroatoms. The number of aliphatic carboxylic acids is 1. The maximum absolute atomic E-state index is 12.0. The van der Waals surface area contributed by atoms with Gasteiger partial charge in [-0.15, -0.1) is 0 Å². The monoisotopic (exact) mass is 318 g/mol. The molecule has 23 heavy (non-hydrogen) atoms. The van der Waals surface area contributed by atoms with Crippen molar-refractivity contribution in [2.24, 2.45) is 34.0 Å². The molecule has 0 unspecified atom stereocenters. The average molecular weight is 318 g/mol. The summed E-state index contributed by atoms with van der Waals surface area (Å²) in [5.41, 5.74) is 1.35. The van der Waals surface area contributed by atoms with Crippen LogP contribution in [0.4, 0.5) is 0 Å². The molecule has 128 valence electrons. The summed E-state index contributed by atoms with van der Waals surface area (Å²) in [5.74, 6) is 0.776. The zero-order chi connectivity index (χ0) is 16.5. The van der Waals surface area contributed by atoms with E-state index >= 15 is 0 Å². The highest BCUT2D eigenvalue weighted by Gasteiger charge is 2.63. The van der Waals surface area contributed by atoms with E-state index in [1.807, 2.05) is 6.92 Å². The molecule has 3 nitrogen and oxygen atoms in total. The lowest BCUT2D eigenvalue weighted by Crippen LogP contribution is -2.54. The molecule has 4 rings (SSSR count). The SMILES string of the molecule is C[C@@]1(C(=O)O)CCC[C@]2(C)C3=CC[C@H]4C[C@]3(CC[C@@H]12)C[C@H]4CO. The van der Waals surface area contributed by atoms with E-state index in [4.69, 9.17) is 0 Å². The van der Waals surface area contributed by atoms with Gasteiger partial charge >= 0.3 is 5.97 Å². The molecule has 0 aromatic heterocycles. The van der Waals surface area contributed by atoms with Gasteiger partial charge in [-0.1, -0.05) is 25.0 Å². The molecule has 3 saturated carbocycles. The van der Waals surface area contributed by atoms with Crippen molar-refractivity contribution < 1.29 is 15.0 Å². The Morgan fingerprint density at radius 2 is 2.04 bits per heavy atom. The number of hydrogen-bond acceptors (Lipinski definition) is 2. The fourth-order valence-electron chi connectivity index (χ4n) is 7.30. The molecule has 0 radical (unpaired) electrons. The molecule has 0 aromatic carbocycles. The summed E-state index contributed by atoms with van der Waals surface area (Å²) in [4.78, 5) is 12.0. The van der Waals surface area contributed by atoms with Crippen molar-refractivity contribution in [3.8, 4) is 0 Å². The number of allylic oxidation sites excluding steroid dienone is 2. The van der Waals surface area contributed by atoms with E-state index in [9.17, 15) is 15.0 Å². The smallest absolute Gasteiger partial charge is 0.309 e. The van der Waals surface area contributed by atoms with E-state index in [1.54, 1.807) is 5.57 Å². The maximum atomic E-state index is 12.0. The minimum absolute atomic E-state index is 0.0545. The Labute approximate surface area is 139 Å². The molecule has 1 spiro atoms. The summed E-state index contributed by atoms with van der Waals surface area (Å²) in [6, 6.07) is 0. The number of aliphatic hydroxyl groups excluding tert-OH is 1. The minimum atomic E-state index is -0.599. The van der Waals surface area contributed by atoms with Crippen LogP contribution in [0.15, 0.2) is 11.6 Å². The molecular formula is C20H30O3. The van der Waals surface area contributed by atoms with Crippen molar-refractivity contribution >= 4 is 5.97 Å². The van der Waals surface area contributed by atoms with Crippen molar-refractivity contribution in [1.82, 2.24) is 0 Å². The number of hydrogen-bond donors (Lipinski definition) is 2. The first-order valence-corrected chi connectivity index (χ1v) is 9.41. The first kappa shape index (κ1) is 15.7. The lowest BCUT2D eigenvalue weighted by molar-refractivity contribution is -0.161. The zero-order valence-corrected chi connectivity index (χ0v) is 14.5. The standard InChI is InChI=1S/C20H30O3/c1-18-7-3-8-19(2,17(22)23)15(18)6-9-20-10-13(4-5-16(18)20)14(11-20)12-21/h5,13-15,21H,3-4,6-12H2,1-2H3,(H,22,23)/t13-,14-,15+,18-,19+,20+/m0/s1. The van der Waals surface area contributed by atoms with E-state index in [0.29, 0.717) is 18.4 Å². The topological polar surface area (TPSA) is 57.5 Å². The molecule has 0 aromatic rings. The van der Waals surface area contributed by atoms with Crippen LogP contribution in [0.2, 0.25) is 0 Å². The first-order valence-electron chi connectivity index (χ1n) is 9.41. The zero-order valence-electron chi connectivity index (χ0n) is 14.5. The van der Waals surface area contributed by atoms with Crippen LogP contribution < -0.4 is 0 Å². The Balaban J connectivity index is 1.75. The molecule has 4 aliphatic carbocycles. The Hall–Kier alpha value is -0.830. The number of aliphatic hydroxyl groups is 1. The Morgan fingerprint density at radius 1 is 1.26 bits per heavy atom. The summed E-state index contributed by atoms with van der Waals surface area (Å²) in [5, 5.41) is 19.7. The molecule has 6 atom stereocenters. The van der Waals surface area contributed by atoms with Gasteiger partial charge in [0.1, 0.15) is 0 Å². The summed E-state index contributed by atoms with van der Waals surface area (Å²) >= 11 is 0. The number of carbonyl (C=O) groups is 1. The molecule has 0 heterocycles. The van der Waals surface area contributed by atoms with Crippen LogP contribution >= 0.6 is 0 Å². The predicted octanol–water partition coefficient (Wildman–Crippen LogP) is 4.01. The summed E-state index contributed by atoms with van der Waals surface area (Å²) in [6.07, 6.45) is 11.1. The van der Waals surface area contributed by atoms with E-state index in [2.05, 4.69) is 13.0 Å². The van der Waals surface area contributed by atoms with Crippen molar-refractivity contribution in [3.63, 3.8) is 0 Å². The second-order valence-corrected chi connectivity index (χ2v) is 9.33. The molecule has 0 amide bonds. The van der Waals surface area contributed by atoms with Gasteiger partial charge < -0.3 is 10.2 Å². The van der Waals surface area contributed by atoms with Crippen LogP contribution in [0.5, 0.6) is 0 Å². The molecule has 3 fully saturated rings. The molecule has 0 saturated heterocycles. The van der Waals surface area contributed by atoms with Crippen molar-refractivity contribution in [3.05, 3.63) is 11.6 Å². The second kappa shape index (κ2) is 4.84. The van der Waals surface area contributed by atoms with Gasteiger partial charge in [-0.25, -0.2) is 0 Å².